The predicted molar refractivity (Wildman–Crippen MR) is 98.7 cm³/mol. The van der Waals surface area contributed by atoms with Gasteiger partial charge >= 0.3 is 5.69 Å². The van der Waals surface area contributed by atoms with E-state index < -0.39 is 21.1 Å². The van der Waals surface area contributed by atoms with Gasteiger partial charge in [-0.3, -0.25) is 9.78 Å². The lowest BCUT2D eigenvalue weighted by Gasteiger charge is -2.12. The van der Waals surface area contributed by atoms with Gasteiger partial charge in [0.05, 0.1) is 11.5 Å². The fourth-order valence-corrected chi connectivity index (χ4v) is 4.51. The second-order valence-corrected chi connectivity index (χ2v) is 8.52. The van der Waals surface area contributed by atoms with E-state index in [9.17, 15) is 18.0 Å². The smallest absolute Gasteiger partial charge is 0.301 e. The maximum atomic E-state index is 12.2. The minimum absolute atomic E-state index is 0.0223. The summed E-state index contributed by atoms with van der Waals surface area (Å²) in [4.78, 5) is 24.7. The Morgan fingerprint density at radius 2 is 1.76 bits per heavy atom. The average Bonchev–Trinajstić information content (AvgIpc) is 2.56. The van der Waals surface area contributed by atoms with E-state index in [-0.39, 0.29) is 17.4 Å². The number of aromatic nitrogens is 2. The molecule has 2 aromatic rings. The van der Waals surface area contributed by atoms with Gasteiger partial charge in [-0.1, -0.05) is 43.7 Å². The molecule has 0 unspecified atom stereocenters. The fourth-order valence-electron chi connectivity index (χ4n) is 2.74. The summed E-state index contributed by atoms with van der Waals surface area (Å²) in [6.45, 7) is 2.39. The Hall–Kier alpha value is -2.15. The Kier molecular flexibility index (Phi) is 6.75. The van der Waals surface area contributed by atoms with Gasteiger partial charge in [0.2, 0.25) is 0 Å². The number of hydrogen-bond donors (Lipinski definition) is 1. The molecule has 0 radical (unpaired) electrons. The summed E-state index contributed by atoms with van der Waals surface area (Å²) in [5.41, 5.74) is 0.181. The molecular weight excluding hydrogens is 340 g/mol. The summed E-state index contributed by atoms with van der Waals surface area (Å²) in [5, 5.41) is 0. The quantitative estimate of drug-likeness (QED) is 0.689. The van der Waals surface area contributed by atoms with Crippen LogP contribution < -0.4 is 11.2 Å². The third-order valence-electron chi connectivity index (χ3n) is 4.12. The van der Waals surface area contributed by atoms with Crippen molar-refractivity contribution in [2.75, 3.05) is 11.5 Å². The highest BCUT2D eigenvalue weighted by Crippen LogP contribution is 2.17. The third kappa shape index (κ3) is 6.34. The van der Waals surface area contributed by atoms with Gasteiger partial charge in [0, 0.05) is 18.8 Å². The van der Waals surface area contributed by atoms with E-state index in [1.807, 2.05) is 37.3 Å². The first-order chi connectivity index (χ1) is 11.9. The number of aryl methyl sites for hydroxylation is 1. The Labute approximate surface area is 147 Å². The molecule has 25 heavy (non-hydrogen) atoms. The summed E-state index contributed by atoms with van der Waals surface area (Å²) in [6.07, 6.45) is 3.43. The van der Waals surface area contributed by atoms with Gasteiger partial charge in [-0.05, 0) is 24.3 Å². The van der Waals surface area contributed by atoms with Crippen molar-refractivity contribution in [2.45, 2.75) is 38.6 Å². The SMILES string of the molecule is C[C@@H](CS(=O)(=O)CCCCCn1ccc(=O)[nH]c1=O)c1ccccc1. The lowest BCUT2D eigenvalue weighted by atomic mass is 10.0. The number of nitrogens with one attached hydrogen (secondary N) is 1. The van der Waals surface area contributed by atoms with E-state index in [0.717, 1.165) is 5.56 Å². The number of hydrogen-bond acceptors (Lipinski definition) is 4. The Morgan fingerprint density at radius 1 is 1.04 bits per heavy atom. The third-order valence-corrected chi connectivity index (χ3v) is 6.04. The summed E-state index contributed by atoms with van der Waals surface area (Å²) < 4.78 is 25.9. The molecule has 0 aliphatic rings. The predicted octanol–water partition coefficient (Wildman–Crippen LogP) is 1.93. The van der Waals surface area contributed by atoms with Gasteiger partial charge in [-0.25, -0.2) is 13.2 Å². The molecule has 0 fully saturated rings. The second kappa shape index (κ2) is 8.80. The van der Waals surface area contributed by atoms with Crippen LogP contribution in [-0.4, -0.2) is 29.5 Å². The van der Waals surface area contributed by atoms with Gasteiger partial charge in [-0.15, -0.1) is 0 Å². The number of H-pyrrole nitrogens is 1. The highest BCUT2D eigenvalue weighted by atomic mass is 32.2. The number of benzene rings is 1. The fraction of sp³-hybridized carbons (Fsp3) is 0.444. The second-order valence-electron chi connectivity index (χ2n) is 6.29. The Bertz CT molecular complexity index is 885. The average molecular weight is 364 g/mol. The maximum absolute atomic E-state index is 12.2. The van der Waals surface area contributed by atoms with E-state index >= 15 is 0 Å². The summed E-state index contributed by atoms with van der Waals surface area (Å²) in [7, 11) is -3.10. The minimum atomic E-state index is -3.10. The summed E-state index contributed by atoms with van der Waals surface area (Å²) in [5.74, 6) is 0.284. The van der Waals surface area contributed by atoms with Crippen molar-refractivity contribution in [3.05, 3.63) is 69.0 Å². The zero-order valence-corrected chi connectivity index (χ0v) is 15.2. The number of sulfone groups is 1. The number of nitrogens with zero attached hydrogens (tertiary/aromatic N) is 1. The van der Waals surface area contributed by atoms with Gasteiger partial charge in [0.15, 0.2) is 9.84 Å². The van der Waals surface area contributed by atoms with Crippen molar-refractivity contribution in [1.29, 1.82) is 0 Å². The van der Waals surface area contributed by atoms with Crippen LogP contribution in [0.3, 0.4) is 0 Å². The number of unbranched alkanes of at least 4 members (excludes halogenated alkanes) is 2. The molecule has 1 atom stereocenters. The van der Waals surface area contributed by atoms with Crippen LogP contribution in [0, 0.1) is 0 Å². The zero-order valence-electron chi connectivity index (χ0n) is 14.3. The van der Waals surface area contributed by atoms with Crippen LogP contribution in [0.1, 0.15) is 37.7 Å². The molecule has 136 valence electrons. The van der Waals surface area contributed by atoms with E-state index in [1.54, 1.807) is 0 Å². The topological polar surface area (TPSA) is 89.0 Å². The summed E-state index contributed by atoms with van der Waals surface area (Å²) >= 11 is 0. The van der Waals surface area contributed by atoms with Crippen LogP contribution in [0.2, 0.25) is 0 Å². The van der Waals surface area contributed by atoms with Crippen LogP contribution >= 0.6 is 0 Å². The molecule has 0 amide bonds. The summed E-state index contributed by atoms with van der Waals surface area (Å²) in [6, 6.07) is 10.9. The van der Waals surface area contributed by atoms with Crippen LogP contribution in [0.15, 0.2) is 52.2 Å². The molecule has 0 saturated heterocycles. The van der Waals surface area contributed by atoms with Gasteiger partial charge in [0.1, 0.15) is 0 Å². The van der Waals surface area contributed by atoms with Crippen molar-refractivity contribution in [3.8, 4) is 0 Å². The molecule has 1 N–H and O–H groups in total. The molecule has 0 aliphatic carbocycles. The van der Waals surface area contributed by atoms with E-state index in [1.165, 1.54) is 16.8 Å². The largest absolute Gasteiger partial charge is 0.328 e. The molecule has 0 saturated carbocycles. The number of aromatic amines is 1. The van der Waals surface area contributed by atoms with Crippen LogP contribution in [0.5, 0.6) is 0 Å². The molecular formula is C18H24N2O4S. The van der Waals surface area contributed by atoms with Crippen molar-refractivity contribution in [1.82, 2.24) is 9.55 Å². The van der Waals surface area contributed by atoms with Gasteiger partial charge in [0.25, 0.3) is 5.56 Å². The molecule has 2 rings (SSSR count). The first-order valence-corrected chi connectivity index (χ1v) is 10.2. The normalized spacial score (nSPS) is 12.8. The molecule has 1 aromatic carbocycles. The molecule has 7 heteroatoms. The van der Waals surface area contributed by atoms with Crippen LogP contribution in [-0.2, 0) is 16.4 Å². The maximum Gasteiger partial charge on any atom is 0.328 e. The first kappa shape index (κ1) is 19.2. The van der Waals surface area contributed by atoms with Gasteiger partial charge in [-0.2, -0.15) is 0 Å². The highest BCUT2D eigenvalue weighted by molar-refractivity contribution is 7.91. The first-order valence-electron chi connectivity index (χ1n) is 8.42. The van der Waals surface area contributed by atoms with E-state index in [4.69, 9.17) is 0 Å². The Morgan fingerprint density at radius 3 is 2.44 bits per heavy atom. The van der Waals surface area contributed by atoms with E-state index in [0.29, 0.717) is 25.8 Å². The van der Waals surface area contributed by atoms with Crippen LogP contribution in [0.25, 0.3) is 0 Å². The molecule has 1 aromatic heterocycles. The van der Waals surface area contributed by atoms with Crippen molar-refractivity contribution in [3.63, 3.8) is 0 Å². The molecule has 0 aliphatic heterocycles. The monoisotopic (exact) mass is 364 g/mol. The minimum Gasteiger partial charge on any atom is -0.301 e. The lowest BCUT2D eigenvalue weighted by Crippen LogP contribution is -2.28. The molecule has 1 heterocycles. The standard InChI is InChI=1S/C18H24N2O4S/c1-15(16-8-4-2-5-9-16)14-25(23,24)13-7-3-6-11-20-12-10-17(21)19-18(20)22/h2,4-5,8-10,12,15H,3,6-7,11,13-14H2,1H3,(H,19,21,22)/t15-/m0/s1. The molecule has 0 spiro atoms. The lowest BCUT2D eigenvalue weighted by molar-refractivity contribution is 0.562. The van der Waals surface area contributed by atoms with Gasteiger partial charge < -0.3 is 4.57 Å². The van der Waals surface area contributed by atoms with Crippen LogP contribution in [0.4, 0.5) is 0 Å². The molecule has 0 bridgehead atoms. The zero-order chi connectivity index (χ0) is 18.3. The molecule has 6 nitrogen and oxygen atoms in total. The van der Waals surface area contributed by atoms with E-state index in [2.05, 4.69) is 4.98 Å². The van der Waals surface area contributed by atoms with Crippen molar-refractivity contribution < 1.29 is 8.42 Å². The highest BCUT2D eigenvalue weighted by Gasteiger charge is 2.16. The Balaban J connectivity index is 1.75. The number of rotatable bonds is 9. The van der Waals surface area contributed by atoms with Crippen molar-refractivity contribution in [2.24, 2.45) is 0 Å². The van der Waals surface area contributed by atoms with Crippen molar-refractivity contribution >= 4 is 9.84 Å².